The number of primary amides is 1. The van der Waals surface area contributed by atoms with Gasteiger partial charge in [-0.05, 0) is 48.2 Å². The van der Waals surface area contributed by atoms with Crippen LogP contribution >= 0.6 is 11.3 Å². The molecule has 5 nitrogen and oxygen atoms in total. The molecule has 1 aromatic carbocycles. The number of amides is 3. The zero-order chi connectivity index (χ0) is 13.8. The van der Waals surface area contributed by atoms with Crippen LogP contribution in [0.15, 0.2) is 35.7 Å². The van der Waals surface area contributed by atoms with Gasteiger partial charge in [-0.25, -0.2) is 4.79 Å². The van der Waals surface area contributed by atoms with Crippen LogP contribution in [0.5, 0.6) is 0 Å². The molecular formula is C13H13N3O2S. The lowest BCUT2D eigenvalue weighted by atomic mass is 10.2. The molecule has 0 saturated carbocycles. The number of thiophene rings is 1. The van der Waals surface area contributed by atoms with E-state index in [0.29, 0.717) is 16.3 Å². The third kappa shape index (κ3) is 3.32. The quantitative estimate of drug-likeness (QED) is 0.804. The Labute approximate surface area is 114 Å². The Morgan fingerprint density at radius 2 is 1.63 bits per heavy atom. The average molecular weight is 275 g/mol. The van der Waals surface area contributed by atoms with Gasteiger partial charge in [0.15, 0.2) is 0 Å². The van der Waals surface area contributed by atoms with E-state index in [1.807, 2.05) is 18.4 Å². The molecular weight excluding hydrogens is 262 g/mol. The number of hydrogen-bond donors (Lipinski definition) is 3. The van der Waals surface area contributed by atoms with Crippen molar-refractivity contribution in [2.24, 2.45) is 5.73 Å². The molecule has 0 aliphatic heterocycles. The van der Waals surface area contributed by atoms with Crippen LogP contribution in [-0.2, 0) is 0 Å². The van der Waals surface area contributed by atoms with Gasteiger partial charge < -0.3 is 16.4 Å². The second-order valence-corrected chi connectivity index (χ2v) is 4.87. The van der Waals surface area contributed by atoms with Crippen LogP contribution < -0.4 is 16.4 Å². The summed E-state index contributed by atoms with van der Waals surface area (Å²) in [7, 11) is 0. The topological polar surface area (TPSA) is 84.2 Å². The summed E-state index contributed by atoms with van der Waals surface area (Å²) in [5, 5.41) is 7.12. The summed E-state index contributed by atoms with van der Waals surface area (Å²) in [6.45, 7) is 1.89. The van der Waals surface area contributed by atoms with Crippen LogP contribution in [0.1, 0.15) is 15.2 Å². The highest BCUT2D eigenvalue weighted by molar-refractivity contribution is 7.12. The molecule has 2 aromatic rings. The molecule has 0 saturated heterocycles. The number of carbonyl (C=O) groups is 2. The van der Waals surface area contributed by atoms with Crippen molar-refractivity contribution in [1.82, 2.24) is 0 Å². The molecule has 0 spiro atoms. The van der Waals surface area contributed by atoms with E-state index in [0.717, 1.165) is 5.56 Å². The zero-order valence-electron chi connectivity index (χ0n) is 10.3. The Morgan fingerprint density at radius 1 is 1.05 bits per heavy atom. The molecule has 0 unspecified atom stereocenters. The number of nitrogens with two attached hydrogens (primary N) is 1. The van der Waals surface area contributed by atoms with Crippen molar-refractivity contribution >= 4 is 34.6 Å². The highest BCUT2D eigenvalue weighted by Gasteiger charge is 2.10. The largest absolute Gasteiger partial charge is 0.351 e. The molecule has 1 aromatic heterocycles. The molecule has 0 aliphatic carbocycles. The van der Waals surface area contributed by atoms with Gasteiger partial charge in [0.25, 0.3) is 5.91 Å². The average Bonchev–Trinajstić information content (AvgIpc) is 2.77. The highest BCUT2D eigenvalue weighted by atomic mass is 32.1. The first kappa shape index (κ1) is 13.1. The highest BCUT2D eigenvalue weighted by Crippen LogP contribution is 2.19. The first-order valence-electron chi connectivity index (χ1n) is 5.58. The molecule has 4 N–H and O–H groups in total. The summed E-state index contributed by atoms with van der Waals surface area (Å²) in [6.07, 6.45) is 0. The summed E-state index contributed by atoms with van der Waals surface area (Å²) in [4.78, 5) is 23.3. The van der Waals surface area contributed by atoms with Crippen molar-refractivity contribution in [1.29, 1.82) is 0 Å². The summed E-state index contributed by atoms with van der Waals surface area (Å²) in [5.74, 6) is -0.136. The molecule has 3 amide bonds. The third-order valence-corrected chi connectivity index (χ3v) is 3.49. The molecule has 0 radical (unpaired) electrons. The molecule has 0 atom stereocenters. The standard InChI is InChI=1S/C13H13N3O2S/c1-8-6-7-19-11(8)12(17)15-9-2-4-10(5-3-9)16-13(14)18/h2-7H,1H3,(H,15,17)(H3,14,16,18). The van der Waals surface area contributed by atoms with Crippen LogP contribution in [0.4, 0.5) is 16.2 Å². The summed E-state index contributed by atoms with van der Waals surface area (Å²) >= 11 is 1.40. The molecule has 0 bridgehead atoms. The second-order valence-electron chi connectivity index (χ2n) is 3.95. The second kappa shape index (κ2) is 5.53. The predicted molar refractivity (Wildman–Crippen MR) is 76.7 cm³/mol. The van der Waals surface area contributed by atoms with Crippen molar-refractivity contribution in [3.8, 4) is 0 Å². The van der Waals surface area contributed by atoms with E-state index in [-0.39, 0.29) is 5.91 Å². The number of anilines is 2. The number of benzene rings is 1. The van der Waals surface area contributed by atoms with Crippen molar-refractivity contribution in [3.05, 3.63) is 46.2 Å². The maximum Gasteiger partial charge on any atom is 0.316 e. The first-order valence-corrected chi connectivity index (χ1v) is 6.46. The van der Waals surface area contributed by atoms with Crippen LogP contribution in [-0.4, -0.2) is 11.9 Å². The number of carbonyl (C=O) groups excluding carboxylic acids is 2. The Morgan fingerprint density at radius 3 is 2.11 bits per heavy atom. The molecule has 1 heterocycles. The first-order chi connectivity index (χ1) is 9.06. The minimum atomic E-state index is -0.619. The van der Waals surface area contributed by atoms with E-state index in [1.165, 1.54) is 11.3 Å². The van der Waals surface area contributed by atoms with E-state index < -0.39 is 6.03 Å². The van der Waals surface area contributed by atoms with Crippen molar-refractivity contribution in [3.63, 3.8) is 0 Å². The molecule has 2 rings (SSSR count). The smallest absolute Gasteiger partial charge is 0.316 e. The van der Waals surface area contributed by atoms with Crippen molar-refractivity contribution in [2.75, 3.05) is 10.6 Å². The van der Waals surface area contributed by atoms with Gasteiger partial charge in [-0.2, -0.15) is 0 Å². The monoisotopic (exact) mass is 275 g/mol. The fourth-order valence-corrected chi connectivity index (χ4v) is 2.39. The fourth-order valence-electron chi connectivity index (χ4n) is 1.57. The number of aryl methyl sites for hydroxylation is 1. The summed E-state index contributed by atoms with van der Waals surface area (Å²) in [5.41, 5.74) is 7.20. The van der Waals surface area contributed by atoms with Crippen LogP contribution in [0.3, 0.4) is 0 Å². The summed E-state index contributed by atoms with van der Waals surface area (Å²) in [6, 6.07) is 8.02. The van der Waals surface area contributed by atoms with Gasteiger partial charge in [-0.1, -0.05) is 0 Å². The molecule has 19 heavy (non-hydrogen) atoms. The van der Waals surface area contributed by atoms with E-state index >= 15 is 0 Å². The lowest BCUT2D eigenvalue weighted by molar-refractivity contribution is 0.103. The zero-order valence-corrected chi connectivity index (χ0v) is 11.1. The number of nitrogens with one attached hydrogen (secondary N) is 2. The van der Waals surface area contributed by atoms with Gasteiger partial charge >= 0.3 is 6.03 Å². The molecule has 6 heteroatoms. The Kier molecular flexibility index (Phi) is 3.82. The van der Waals surface area contributed by atoms with E-state index in [9.17, 15) is 9.59 Å². The minimum Gasteiger partial charge on any atom is -0.351 e. The maximum absolute atomic E-state index is 12.0. The Hall–Kier alpha value is -2.34. The van der Waals surface area contributed by atoms with Crippen molar-refractivity contribution < 1.29 is 9.59 Å². The normalized spacial score (nSPS) is 9.95. The van der Waals surface area contributed by atoms with Crippen LogP contribution in [0.25, 0.3) is 0 Å². The number of urea groups is 1. The molecule has 0 aliphatic rings. The fraction of sp³-hybridized carbons (Fsp3) is 0.0769. The van der Waals surface area contributed by atoms with E-state index in [2.05, 4.69) is 10.6 Å². The lowest BCUT2D eigenvalue weighted by Crippen LogP contribution is -2.19. The van der Waals surface area contributed by atoms with Gasteiger partial charge in [0, 0.05) is 11.4 Å². The maximum atomic E-state index is 12.0. The SMILES string of the molecule is Cc1ccsc1C(=O)Nc1ccc(NC(N)=O)cc1. The van der Waals surface area contributed by atoms with E-state index in [4.69, 9.17) is 5.73 Å². The van der Waals surface area contributed by atoms with Gasteiger partial charge in [-0.15, -0.1) is 11.3 Å². The van der Waals surface area contributed by atoms with Gasteiger partial charge in [-0.3, -0.25) is 4.79 Å². The van der Waals surface area contributed by atoms with Gasteiger partial charge in [0.1, 0.15) is 0 Å². The third-order valence-electron chi connectivity index (χ3n) is 2.48. The van der Waals surface area contributed by atoms with E-state index in [1.54, 1.807) is 24.3 Å². The Bertz CT molecular complexity index is 605. The number of rotatable bonds is 3. The lowest BCUT2D eigenvalue weighted by Gasteiger charge is -2.06. The van der Waals surface area contributed by atoms with Crippen LogP contribution in [0.2, 0.25) is 0 Å². The predicted octanol–water partition coefficient (Wildman–Crippen LogP) is 2.80. The number of hydrogen-bond acceptors (Lipinski definition) is 3. The Balaban J connectivity index is 2.06. The van der Waals surface area contributed by atoms with Gasteiger partial charge in [0.05, 0.1) is 4.88 Å². The minimum absolute atomic E-state index is 0.136. The molecule has 98 valence electrons. The van der Waals surface area contributed by atoms with Crippen LogP contribution in [0, 0.1) is 6.92 Å². The van der Waals surface area contributed by atoms with Crippen molar-refractivity contribution in [2.45, 2.75) is 6.92 Å². The molecule has 0 fully saturated rings. The summed E-state index contributed by atoms with van der Waals surface area (Å²) < 4.78 is 0. The van der Waals surface area contributed by atoms with Gasteiger partial charge in [0.2, 0.25) is 0 Å².